The fraction of sp³-hybridized carbons (Fsp3) is 0.741. The SMILES string of the molecule is CCCCCN1CC=C[C@]23S[C@@]4(C)C=CCN(C)C(=O)[C@H]4[C@H]2C(=O)N([C@@H](CO)CC(C)C)C3C1=O. The number of amides is 3. The Kier molecular flexibility index (Phi) is 7.45. The molecule has 0 aromatic heterocycles. The molecule has 7 nitrogen and oxygen atoms in total. The summed E-state index contributed by atoms with van der Waals surface area (Å²) in [6, 6.07) is -1.18. The minimum Gasteiger partial charge on any atom is -0.394 e. The molecule has 4 aliphatic heterocycles. The number of unbranched alkanes of at least 4 members (excludes halogenated alkanes) is 2. The topological polar surface area (TPSA) is 81.2 Å². The molecule has 1 N–H and O–H groups in total. The zero-order valence-corrected chi connectivity index (χ0v) is 22.6. The number of likely N-dealkylation sites (N-methyl/N-ethyl adjacent to an activating group) is 1. The highest BCUT2D eigenvalue weighted by Crippen LogP contribution is 2.65. The van der Waals surface area contributed by atoms with E-state index in [1.807, 2.05) is 24.0 Å². The summed E-state index contributed by atoms with van der Waals surface area (Å²) in [5.41, 5.74) is 0. The van der Waals surface area contributed by atoms with Crippen molar-refractivity contribution in [2.24, 2.45) is 17.8 Å². The van der Waals surface area contributed by atoms with Gasteiger partial charge in [-0.15, -0.1) is 11.8 Å². The molecular weight excluding hydrogens is 462 g/mol. The van der Waals surface area contributed by atoms with Crippen LogP contribution >= 0.6 is 11.8 Å². The molecule has 0 saturated carbocycles. The molecule has 4 rings (SSSR count). The second kappa shape index (κ2) is 9.92. The zero-order valence-electron chi connectivity index (χ0n) is 21.8. The van der Waals surface area contributed by atoms with Gasteiger partial charge >= 0.3 is 0 Å². The maximum Gasteiger partial charge on any atom is 0.247 e. The zero-order chi connectivity index (χ0) is 25.5. The number of carbonyl (C=O) groups is 3. The fourth-order valence-corrected chi connectivity index (χ4v) is 8.74. The van der Waals surface area contributed by atoms with Crippen molar-refractivity contribution < 1.29 is 19.5 Å². The van der Waals surface area contributed by atoms with Crippen LogP contribution in [0.25, 0.3) is 0 Å². The second-order valence-corrected chi connectivity index (χ2v) is 13.0. The summed E-state index contributed by atoms with van der Waals surface area (Å²) >= 11 is 1.61. The molecule has 4 aliphatic rings. The van der Waals surface area contributed by atoms with Crippen molar-refractivity contribution >= 4 is 29.5 Å². The van der Waals surface area contributed by atoms with E-state index in [1.165, 1.54) is 0 Å². The maximum atomic E-state index is 14.3. The average Bonchev–Trinajstić information content (AvgIpc) is 3.09. The Labute approximate surface area is 214 Å². The molecule has 0 radical (unpaired) electrons. The standard InChI is InChI=1S/C27H41N3O4S/c1-6-7-8-14-29-15-10-12-27-21(20-23(32)28(5)13-9-11-26(20,4)35-27)24(33)30(22(27)25(29)34)19(17-31)16-18(2)3/h9-12,18-22,31H,6-8,13-17H2,1-5H3/t19-,20-,21+,22?,26+,27+/m1/s1. The molecule has 6 atom stereocenters. The molecule has 1 unspecified atom stereocenters. The van der Waals surface area contributed by atoms with Crippen LogP contribution in [0.5, 0.6) is 0 Å². The fourth-order valence-electron chi connectivity index (χ4n) is 6.60. The first-order valence-corrected chi connectivity index (χ1v) is 13.9. The number of thioether (sulfide) groups is 1. The van der Waals surface area contributed by atoms with Gasteiger partial charge in [0.05, 0.1) is 29.2 Å². The van der Waals surface area contributed by atoms with Crippen LogP contribution in [0.3, 0.4) is 0 Å². The summed E-state index contributed by atoms with van der Waals surface area (Å²) in [4.78, 5) is 47.4. The molecule has 0 aromatic carbocycles. The Bertz CT molecular complexity index is 920. The summed E-state index contributed by atoms with van der Waals surface area (Å²) in [5, 5.41) is 10.4. The molecule has 0 aliphatic carbocycles. The van der Waals surface area contributed by atoms with Crippen molar-refractivity contribution in [3.05, 3.63) is 24.3 Å². The number of likely N-dealkylation sites (tertiary alicyclic amines) is 1. The minimum absolute atomic E-state index is 0.0462. The summed E-state index contributed by atoms with van der Waals surface area (Å²) in [5.74, 6) is -1.21. The van der Waals surface area contributed by atoms with E-state index in [0.717, 1.165) is 19.3 Å². The first-order chi connectivity index (χ1) is 16.6. The number of nitrogens with zero attached hydrogens (tertiary/aromatic N) is 3. The summed E-state index contributed by atoms with van der Waals surface area (Å²) in [7, 11) is 1.78. The van der Waals surface area contributed by atoms with Crippen LogP contribution in [0, 0.1) is 17.8 Å². The Hall–Kier alpha value is -1.80. The van der Waals surface area contributed by atoms with Crippen LogP contribution in [0.4, 0.5) is 0 Å². The van der Waals surface area contributed by atoms with Gasteiger partial charge in [0.1, 0.15) is 6.04 Å². The molecule has 0 bridgehead atoms. The Morgan fingerprint density at radius 2 is 1.77 bits per heavy atom. The monoisotopic (exact) mass is 503 g/mol. The third-order valence-electron chi connectivity index (χ3n) is 8.16. The van der Waals surface area contributed by atoms with Gasteiger partial charge in [-0.05, 0) is 25.7 Å². The van der Waals surface area contributed by atoms with E-state index < -0.39 is 33.4 Å². The molecule has 3 amide bonds. The molecule has 35 heavy (non-hydrogen) atoms. The number of hydrogen-bond acceptors (Lipinski definition) is 5. The van der Waals surface area contributed by atoms with E-state index in [4.69, 9.17) is 0 Å². The van der Waals surface area contributed by atoms with E-state index in [-0.39, 0.29) is 30.2 Å². The number of aliphatic hydroxyl groups is 1. The predicted octanol–water partition coefficient (Wildman–Crippen LogP) is 2.70. The molecule has 4 heterocycles. The Morgan fingerprint density at radius 1 is 1.06 bits per heavy atom. The highest BCUT2D eigenvalue weighted by Gasteiger charge is 2.74. The minimum atomic E-state index is -0.838. The Morgan fingerprint density at radius 3 is 2.43 bits per heavy atom. The highest BCUT2D eigenvalue weighted by molar-refractivity contribution is 8.02. The lowest BCUT2D eigenvalue weighted by atomic mass is 9.74. The number of carbonyl (C=O) groups excluding carboxylic acids is 3. The molecule has 2 fully saturated rings. The normalized spacial score (nSPS) is 35.3. The van der Waals surface area contributed by atoms with Gasteiger partial charge in [0, 0.05) is 31.4 Å². The van der Waals surface area contributed by atoms with Gasteiger partial charge in [0.2, 0.25) is 17.7 Å². The molecular formula is C27H41N3O4S. The number of fused-ring (bicyclic) bond motifs is 2. The predicted molar refractivity (Wildman–Crippen MR) is 139 cm³/mol. The number of aliphatic hydroxyl groups excluding tert-OH is 1. The van der Waals surface area contributed by atoms with Crippen molar-refractivity contribution in [1.82, 2.24) is 14.7 Å². The molecule has 2 saturated heterocycles. The summed E-state index contributed by atoms with van der Waals surface area (Å²) < 4.78 is -1.42. The smallest absolute Gasteiger partial charge is 0.247 e. The van der Waals surface area contributed by atoms with Crippen molar-refractivity contribution in [1.29, 1.82) is 0 Å². The molecule has 1 spiro atoms. The average molecular weight is 504 g/mol. The third-order valence-corrected chi connectivity index (χ3v) is 9.96. The van der Waals surface area contributed by atoms with Gasteiger partial charge in [-0.3, -0.25) is 14.4 Å². The van der Waals surface area contributed by atoms with Crippen LogP contribution in [0.15, 0.2) is 24.3 Å². The van der Waals surface area contributed by atoms with Gasteiger partial charge in [-0.1, -0.05) is 57.9 Å². The van der Waals surface area contributed by atoms with Crippen molar-refractivity contribution in [3.8, 4) is 0 Å². The van der Waals surface area contributed by atoms with Gasteiger partial charge in [0.25, 0.3) is 0 Å². The van der Waals surface area contributed by atoms with E-state index in [0.29, 0.717) is 26.1 Å². The van der Waals surface area contributed by atoms with E-state index in [2.05, 4.69) is 32.9 Å². The van der Waals surface area contributed by atoms with Crippen molar-refractivity contribution in [2.75, 3.05) is 33.3 Å². The van der Waals surface area contributed by atoms with Gasteiger partial charge in [-0.25, -0.2) is 0 Å². The van der Waals surface area contributed by atoms with Crippen LogP contribution < -0.4 is 0 Å². The van der Waals surface area contributed by atoms with E-state index in [9.17, 15) is 19.5 Å². The molecule has 8 heteroatoms. The van der Waals surface area contributed by atoms with Gasteiger partial charge in [0.15, 0.2) is 0 Å². The number of hydrogen-bond donors (Lipinski definition) is 1. The van der Waals surface area contributed by atoms with E-state index >= 15 is 0 Å². The van der Waals surface area contributed by atoms with Crippen LogP contribution in [-0.2, 0) is 14.4 Å². The van der Waals surface area contributed by atoms with E-state index in [1.54, 1.807) is 28.6 Å². The second-order valence-electron chi connectivity index (χ2n) is 11.2. The maximum absolute atomic E-state index is 14.3. The third kappa shape index (κ3) is 4.24. The Balaban J connectivity index is 1.84. The highest BCUT2D eigenvalue weighted by atomic mass is 32.2. The van der Waals surface area contributed by atoms with Gasteiger partial charge < -0.3 is 19.8 Å². The first kappa shape index (κ1) is 26.3. The van der Waals surface area contributed by atoms with Crippen LogP contribution in [-0.4, -0.2) is 92.4 Å². The molecule has 194 valence electrons. The first-order valence-electron chi connectivity index (χ1n) is 13.1. The summed E-state index contributed by atoms with van der Waals surface area (Å²) in [6.07, 6.45) is 11.8. The lowest BCUT2D eigenvalue weighted by molar-refractivity contribution is -0.147. The molecule has 0 aromatic rings. The largest absolute Gasteiger partial charge is 0.394 e. The van der Waals surface area contributed by atoms with Crippen LogP contribution in [0.1, 0.15) is 53.4 Å². The summed E-state index contributed by atoms with van der Waals surface area (Å²) in [6.45, 7) is 9.78. The quantitative estimate of drug-likeness (QED) is 0.407. The lowest BCUT2D eigenvalue weighted by Gasteiger charge is -2.40. The van der Waals surface area contributed by atoms with Crippen molar-refractivity contribution in [2.45, 2.75) is 75.0 Å². The van der Waals surface area contributed by atoms with Crippen LogP contribution in [0.2, 0.25) is 0 Å². The lowest BCUT2D eigenvalue weighted by Crippen LogP contribution is -2.57. The van der Waals surface area contributed by atoms with Crippen molar-refractivity contribution in [3.63, 3.8) is 0 Å². The van der Waals surface area contributed by atoms with Gasteiger partial charge in [-0.2, -0.15) is 0 Å². The number of rotatable bonds is 8.